The van der Waals surface area contributed by atoms with Gasteiger partial charge in [-0.15, -0.1) is 0 Å². The summed E-state index contributed by atoms with van der Waals surface area (Å²) in [5.74, 6) is 0. The molecule has 0 aromatic carbocycles. The fourth-order valence-electron chi connectivity index (χ4n) is 2.70. The van der Waals surface area contributed by atoms with Crippen molar-refractivity contribution in [3.8, 4) is 0 Å². The summed E-state index contributed by atoms with van der Waals surface area (Å²) in [5.41, 5.74) is 1.01. The Morgan fingerprint density at radius 3 is 2.95 bits per heavy atom. The number of H-pyrrole nitrogens is 1. The number of nitrogens with one attached hydrogen (secondary N) is 1. The van der Waals surface area contributed by atoms with Crippen LogP contribution in [0.15, 0.2) is 12.4 Å². The first-order valence-electron chi connectivity index (χ1n) is 7.50. The van der Waals surface area contributed by atoms with Crippen molar-refractivity contribution in [3.05, 3.63) is 18.0 Å². The first kappa shape index (κ1) is 15.5. The number of β-amino-alcohol motifs (C(OH)–C–C–N with tert-alkyl or cyclic N) is 1. The number of hydrogen-bond acceptors (Lipinski definition) is 4. The molecule has 2 N–H and O–H groups in total. The molecule has 0 radical (unpaired) electrons. The van der Waals surface area contributed by atoms with Gasteiger partial charge in [-0.3, -0.25) is 10.00 Å². The van der Waals surface area contributed by atoms with Gasteiger partial charge in [-0.25, -0.2) is 0 Å². The number of aliphatic hydroxyl groups excluding tert-OH is 1. The van der Waals surface area contributed by atoms with Crippen molar-refractivity contribution in [1.29, 1.82) is 0 Å². The smallest absolute Gasteiger partial charge is 0.0900 e. The number of ether oxygens (including phenoxy) is 1. The molecule has 5 nitrogen and oxygen atoms in total. The third kappa shape index (κ3) is 4.58. The molecule has 0 unspecified atom stereocenters. The Morgan fingerprint density at radius 1 is 1.50 bits per heavy atom. The van der Waals surface area contributed by atoms with Crippen LogP contribution in [0.4, 0.5) is 0 Å². The monoisotopic (exact) mass is 281 g/mol. The minimum atomic E-state index is -0.443. The van der Waals surface area contributed by atoms with Gasteiger partial charge in [0.2, 0.25) is 0 Å². The Morgan fingerprint density at radius 2 is 2.30 bits per heavy atom. The molecule has 114 valence electrons. The van der Waals surface area contributed by atoms with Gasteiger partial charge in [-0.05, 0) is 40.2 Å². The summed E-state index contributed by atoms with van der Waals surface area (Å²) in [6, 6.07) is 0.367. The first-order valence-corrected chi connectivity index (χ1v) is 7.50. The summed E-state index contributed by atoms with van der Waals surface area (Å²) < 4.78 is 5.66. The van der Waals surface area contributed by atoms with Gasteiger partial charge in [0, 0.05) is 24.3 Å². The molecule has 0 spiro atoms. The van der Waals surface area contributed by atoms with Crippen molar-refractivity contribution in [2.24, 2.45) is 0 Å². The number of rotatable bonds is 5. The number of likely N-dealkylation sites (tertiary alicyclic amines) is 1. The minimum Gasteiger partial charge on any atom is -0.389 e. The molecule has 2 atom stereocenters. The fourth-order valence-corrected chi connectivity index (χ4v) is 2.70. The first-order chi connectivity index (χ1) is 9.46. The molecule has 0 saturated carbocycles. The van der Waals surface area contributed by atoms with Crippen LogP contribution in [-0.2, 0) is 4.74 Å². The maximum Gasteiger partial charge on any atom is 0.0900 e. The molecule has 0 bridgehead atoms. The molecular weight excluding hydrogens is 254 g/mol. The number of aromatic nitrogens is 2. The molecule has 2 heterocycles. The molecule has 1 aromatic heterocycles. The van der Waals surface area contributed by atoms with Crippen LogP contribution in [0.3, 0.4) is 0 Å². The second-order valence-corrected chi connectivity index (χ2v) is 6.62. The van der Waals surface area contributed by atoms with E-state index in [1.54, 1.807) is 0 Å². The number of piperidine rings is 1. The average molecular weight is 281 g/mol. The molecule has 1 aromatic rings. The van der Waals surface area contributed by atoms with Gasteiger partial charge in [0.1, 0.15) is 0 Å². The van der Waals surface area contributed by atoms with Crippen LogP contribution >= 0.6 is 0 Å². The highest BCUT2D eigenvalue weighted by atomic mass is 16.5. The zero-order valence-electron chi connectivity index (χ0n) is 12.8. The Balaban J connectivity index is 1.89. The van der Waals surface area contributed by atoms with Crippen LogP contribution in [0.5, 0.6) is 0 Å². The second kappa shape index (κ2) is 6.70. The summed E-state index contributed by atoms with van der Waals surface area (Å²) in [5, 5.41) is 17.1. The van der Waals surface area contributed by atoms with Crippen molar-refractivity contribution in [1.82, 2.24) is 15.1 Å². The van der Waals surface area contributed by atoms with Crippen LogP contribution in [0.25, 0.3) is 0 Å². The molecule has 1 aliphatic rings. The van der Waals surface area contributed by atoms with E-state index in [2.05, 4.69) is 15.1 Å². The normalized spacial score (nSPS) is 22.9. The van der Waals surface area contributed by atoms with Gasteiger partial charge >= 0.3 is 0 Å². The molecule has 1 saturated heterocycles. The molecule has 0 amide bonds. The molecule has 5 heteroatoms. The van der Waals surface area contributed by atoms with Crippen LogP contribution in [0, 0.1) is 0 Å². The Kier molecular flexibility index (Phi) is 5.18. The molecule has 2 rings (SSSR count). The van der Waals surface area contributed by atoms with E-state index in [0.29, 0.717) is 19.2 Å². The predicted octanol–water partition coefficient (Wildman–Crippen LogP) is 2.11. The minimum absolute atomic E-state index is 0.202. The van der Waals surface area contributed by atoms with E-state index >= 15 is 0 Å². The number of aliphatic hydroxyl groups is 1. The standard InChI is InChI=1S/C15H27N3O2/c1-15(2,3)20-11-13(19)10-18-7-5-4-6-14(18)12-8-16-17-9-12/h8-9,13-14,19H,4-7,10-11H2,1-3H3,(H,16,17)/t13-,14-/m1/s1. The third-order valence-electron chi connectivity index (χ3n) is 3.67. The van der Waals surface area contributed by atoms with Gasteiger partial charge in [0.25, 0.3) is 0 Å². The van der Waals surface area contributed by atoms with Crippen LogP contribution < -0.4 is 0 Å². The van der Waals surface area contributed by atoms with E-state index in [-0.39, 0.29) is 5.60 Å². The largest absolute Gasteiger partial charge is 0.389 e. The van der Waals surface area contributed by atoms with E-state index in [1.165, 1.54) is 18.4 Å². The van der Waals surface area contributed by atoms with Gasteiger partial charge in [-0.1, -0.05) is 6.42 Å². The lowest BCUT2D eigenvalue weighted by Crippen LogP contribution is -2.41. The second-order valence-electron chi connectivity index (χ2n) is 6.62. The van der Waals surface area contributed by atoms with Gasteiger partial charge in [0.05, 0.1) is 24.5 Å². The van der Waals surface area contributed by atoms with E-state index in [9.17, 15) is 5.11 Å². The van der Waals surface area contributed by atoms with Crippen molar-refractivity contribution in [3.63, 3.8) is 0 Å². The maximum absolute atomic E-state index is 10.2. The number of aromatic amines is 1. The Labute approximate surface area is 121 Å². The predicted molar refractivity (Wildman–Crippen MR) is 78.5 cm³/mol. The summed E-state index contributed by atoms with van der Waals surface area (Å²) in [4.78, 5) is 2.35. The molecule has 1 aliphatic heterocycles. The van der Waals surface area contributed by atoms with E-state index in [4.69, 9.17) is 4.74 Å². The van der Waals surface area contributed by atoms with E-state index in [1.807, 2.05) is 33.2 Å². The van der Waals surface area contributed by atoms with Crippen LogP contribution in [0.1, 0.15) is 51.6 Å². The van der Waals surface area contributed by atoms with Crippen molar-refractivity contribution < 1.29 is 9.84 Å². The lowest BCUT2D eigenvalue weighted by molar-refractivity contribution is -0.0610. The van der Waals surface area contributed by atoms with Crippen molar-refractivity contribution in [2.45, 2.75) is 57.8 Å². The van der Waals surface area contributed by atoms with Crippen molar-refractivity contribution >= 4 is 0 Å². The summed E-state index contributed by atoms with van der Waals surface area (Å²) in [7, 11) is 0. The van der Waals surface area contributed by atoms with Gasteiger partial charge in [-0.2, -0.15) is 5.10 Å². The molecule has 1 fully saturated rings. The van der Waals surface area contributed by atoms with Gasteiger partial charge in [0.15, 0.2) is 0 Å². The van der Waals surface area contributed by atoms with Crippen molar-refractivity contribution in [2.75, 3.05) is 19.7 Å². The van der Waals surface area contributed by atoms with E-state index in [0.717, 1.165) is 13.0 Å². The topological polar surface area (TPSA) is 61.4 Å². The zero-order valence-corrected chi connectivity index (χ0v) is 12.8. The SMILES string of the molecule is CC(C)(C)OC[C@H](O)CN1CCCC[C@@H]1c1cn[nH]c1. The Bertz CT molecular complexity index is 386. The number of hydrogen-bond donors (Lipinski definition) is 2. The fraction of sp³-hybridized carbons (Fsp3) is 0.800. The summed E-state index contributed by atoms with van der Waals surface area (Å²) in [6.07, 6.45) is 6.97. The molecule has 20 heavy (non-hydrogen) atoms. The highest BCUT2D eigenvalue weighted by Gasteiger charge is 2.26. The maximum atomic E-state index is 10.2. The highest BCUT2D eigenvalue weighted by molar-refractivity contribution is 5.10. The van der Waals surface area contributed by atoms with Crippen LogP contribution in [0.2, 0.25) is 0 Å². The summed E-state index contributed by atoms with van der Waals surface area (Å²) >= 11 is 0. The average Bonchev–Trinajstić information content (AvgIpc) is 2.90. The summed E-state index contributed by atoms with van der Waals surface area (Å²) in [6.45, 7) is 8.10. The third-order valence-corrected chi connectivity index (χ3v) is 3.67. The van der Waals surface area contributed by atoms with Gasteiger partial charge < -0.3 is 9.84 Å². The van der Waals surface area contributed by atoms with E-state index < -0.39 is 6.10 Å². The van der Waals surface area contributed by atoms with Crippen LogP contribution in [-0.4, -0.2) is 51.6 Å². The lowest BCUT2D eigenvalue weighted by Gasteiger charge is -2.36. The Hall–Kier alpha value is -0.910. The molecular formula is C15H27N3O2. The quantitative estimate of drug-likeness (QED) is 0.868. The highest BCUT2D eigenvalue weighted by Crippen LogP contribution is 2.30. The zero-order chi connectivity index (χ0) is 14.6. The molecule has 0 aliphatic carbocycles. The lowest BCUT2D eigenvalue weighted by atomic mass is 9.97. The number of nitrogens with zero attached hydrogens (tertiary/aromatic N) is 2.